The Morgan fingerprint density at radius 2 is 1.73 bits per heavy atom. The Morgan fingerprint density at radius 1 is 1.18 bits per heavy atom. The number of carbonyl (C=O) groups excluding carboxylic acids is 1. The van der Waals surface area contributed by atoms with Gasteiger partial charge in [0.25, 0.3) is 0 Å². The third-order valence-electron chi connectivity index (χ3n) is 3.49. The number of rotatable bonds is 5. The molecule has 1 aromatic carbocycles. The molecule has 124 valence electrons. The highest BCUT2D eigenvalue weighted by atomic mass is 32.2. The van der Waals surface area contributed by atoms with Gasteiger partial charge in [-0.1, -0.05) is 19.1 Å². The lowest BCUT2D eigenvalue weighted by Gasteiger charge is -2.19. The van der Waals surface area contributed by atoms with Crippen LogP contribution in [0.1, 0.15) is 46.6 Å². The molecule has 0 radical (unpaired) electrons. The molecule has 0 aliphatic rings. The van der Waals surface area contributed by atoms with Crippen LogP contribution in [-0.2, 0) is 15.6 Å². The number of carbonyl (C=O) groups is 1. The first-order chi connectivity index (χ1) is 10.0. The van der Waals surface area contributed by atoms with Gasteiger partial charge in [0.15, 0.2) is 9.84 Å². The molecule has 0 aliphatic carbocycles. The summed E-state index contributed by atoms with van der Waals surface area (Å²) in [5, 5.41) is 5.53. The smallest absolute Gasteiger partial charge is 0.319 e. The summed E-state index contributed by atoms with van der Waals surface area (Å²) in [6.07, 6.45) is 0.858. The number of hydrogen-bond donors (Lipinski definition) is 2. The van der Waals surface area contributed by atoms with Gasteiger partial charge < -0.3 is 10.6 Å². The number of nitrogens with one attached hydrogen (secondary N) is 2. The van der Waals surface area contributed by atoms with Crippen LogP contribution in [-0.4, -0.2) is 25.2 Å². The van der Waals surface area contributed by atoms with Gasteiger partial charge in [-0.25, -0.2) is 13.2 Å². The van der Waals surface area contributed by atoms with E-state index in [-0.39, 0.29) is 17.8 Å². The Labute approximate surface area is 133 Å². The summed E-state index contributed by atoms with van der Waals surface area (Å²) in [7, 11) is -3.21. The van der Waals surface area contributed by atoms with Crippen molar-refractivity contribution in [2.45, 2.75) is 57.6 Å². The van der Waals surface area contributed by atoms with E-state index in [0.29, 0.717) is 11.3 Å². The Morgan fingerprint density at radius 3 is 2.18 bits per heavy atom. The van der Waals surface area contributed by atoms with E-state index in [1.54, 1.807) is 45.0 Å². The van der Waals surface area contributed by atoms with Crippen molar-refractivity contribution in [1.82, 2.24) is 5.32 Å². The molecule has 2 N–H and O–H groups in total. The highest BCUT2D eigenvalue weighted by molar-refractivity contribution is 7.91. The molecule has 0 bridgehead atoms. The second-order valence-electron chi connectivity index (χ2n) is 6.48. The second-order valence-corrected chi connectivity index (χ2v) is 9.22. The number of amides is 2. The molecular weight excluding hydrogens is 300 g/mol. The summed E-state index contributed by atoms with van der Waals surface area (Å²) in [5.41, 5.74) is 1.35. The van der Waals surface area contributed by atoms with Crippen LogP contribution in [0.5, 0.6) is 0 Å². The lowest BCUT2D eigenvalue weighted by molar-refractivity contribution is 0.249. The van der Waals surface area contributed by atoms with E-state index in [4.69, 9.17) is 0 Å². The number of anilines is 1. The van der Waals surface area contributed by atoms with E-state index in [2.05, 4.69) is 10.6 Å². The zero-order valence-electron chi connectivity index (χ0n) is 13.9. The van der Waals surface area contributed by atoms with Crippen molar-refractivity contribution < 1.29 is 13.2 Å². The molecule has 6 heteroatoms. The standard InChI is InChI=1S/C16H26N2O3S/c1-6-12(2)17-15(19)18-14-9-7-13(8-10-14)11-22(20,21)16(3,4)5/h7-10,12H,6,11H2,1-5H3,(H2,17,18,19)/t12-/m0/s1. The minimum atomic E-state index is -3.21. The maximum absolute atomic E-state index is 12.2. The maximum Gasteiger partial charge on any atom is 0.319 e. The Balaban J connectivity index is 2.70. The highest BCUT2D eigenvalue weighted by Gasteiger charge is 2.28. The van der Waals surface area contributed by atoms with Gasteiger partial charge in [0.05, 0.1) is 10.5 Å². The number of hydrogen-bond acceptors (Lipinski definition) is 3. The van der Waals surface area contributed by atoms with Crippen molar-refractivity contribution in [3.8, 4) is 0 Å². The molecule has 22 heavy (non-hydrogen) atoms. The van der Waals surface area contributed by atoms with E-state index >= 15 is 0 Å². The van der Waals surface area contributed by atoms with Crippen LogP contribution in [0.25, 0.3) is 0 Å². The quantitative estimate of drug-likeness (QED) is 0.871. The molecule has 0 saturated heterocycles. The molecular formula is C16H26N2O3S. The molecule has 0 unspecified atom stereocenters. The predicted molar refractivity (Wildman–Crippen MR) is 90.7 cm³/mol. The maximum atomic E-state index is 12.2. The van der Waals surface area contributed by atoms with Gasteiger partial charge in [-0.3, -0.25) is 0 Å². The van der Waals surface area contributed by atoms with Crippen LogP contribution < -0.4 is 10.6 Å². The first-order valence-electron chi connectivity index (χ1n) is 7.44. The number of urea groups is 1. The van der Waals surface area contributed by atoms with Crippen LogP contribution in [0.2, 0.25) is 0 Å². The summed E-state index contributed by atoms with van der Waals surface area (Å²) in [6, 6.07) is 6.72. The average molecular weight is 326 g/mol. The van der Waals surface area contributed by atoms with E-state index in [0.717, 1.165) is 6.42 Å². The Kier molecular flexibility index (Phi) is 6.00. The van der Waals surface area contributed by atoms with Crippen LogP contribution in [0.15, 0.2) is 24.3 Å². The zero-order valence-corrected chi connectivity index (χ0v) is 14.8. The lowest BCUT2D eigenvalue weighted by atomic mass is 10.2. The van der Waals surface area contributed by atoms with Crippen molar-refractivity contribution in [1.29, 1.82) is 0 Å². The van der Waals surface area contributed by atoms with Crippen LogP contribution in [0.3, 0.4) is 0 Å². The van der Waals surface area contributed by atoms with Gasteiger partial charge in [-0.05, 0) is 51.8 Å². The van der Waals surface area contributed by atoms with Gasteiger partial charge in [0, 0.05) is 11.7 Å². The summed E-state index contributed by atoms with van der Waals surface area (Å²) in [5.74, 6) is -0.00412. The third-order valence-corrected chi connectivity index (χ3v) is 6.07. The van der Waals surface area contributed by atoms with Gasteiger partial charge in [-0.2, -0.15) is 0 Å². The molecule has 0 fully saturated rings. The molecule has 0 aromatic heterocycles. The molecule has 0 saturated carbocycles. The van der Waals surface area contributed by atoms with E-state index in [9.17, 15) is 13.2 Å². The zero-order chi connectivity index (χ0) is 17.0. The molecule has 1 aromatic rings. The lowest BCUT2D eigenvalue weighted by Crippen LogP contribution is -2.35. The third kappa shape index (κ3) is 5.33. The van der Waals surface area contributed by atoms with E-state index in [1.165, 1.54) is 0 Å². The molecule has 0 heterocycles. The van der Waals surface area contributed by atoms with Crippen molar-refractivity contribution in [2.24, 2.45) is 0 Å². The van der Waals surface area contributed by atoms with Gasteiger partial charge >= 0.3 is 6.03 Å². The van der Waals surface area contributed by atoms with E-state index in [1.807, 2.05) is 13.8 Å². The first-order valence-corrected chi connectivity index (χ1v) is 9.09. The monoisotopic (exact) mass is 326 g/mol. The van der Waals surface area contributed by atoms with Crippen molar-refractivity contribution in [3.05, 3.63) is 29.8 Å². The molecule has 2 amide bonds. The predicted octanol–water partition coefficient (Wildman–Crippen LogP) is 3.32. The summed E-state index contributed by atoms with van der Waals surface area (Å²) in [4.78, 5) is 11.7. The van der Waals surface area contributed by atoms with Crippen molar-refractivity contribution in [3.63, 3.8) is 0 Å². The number of benzene rings is 1. The molecule has 1 rings (SSSR count). The normalized spacial score (nSPS) is 13.5. The largest absolute Gasteiger partial charge is 0.335 e. The number of sulfone groups is 1. The van der Waals surface area contributed by atoms with Gasteiger partial charge in [0.2, 0.25) is 0 Å². The van der Waals surface area contributed by atoms with E-state index < -0.39 is 14.6 Å². The topological polar surface area (TPSA) is 75.3 Å². The summed E-state index contributed by atoms with van der Waals surface area (Å²) >= 11 is 0. The average Bonchev–Trinajstić information content (AvgIpc) is 2.39. The molecule has 5 nitrogen and oxygen atoms in total. The highest BCUT2D eigenvalue weighted by Crippen LogP contribution is 2.21. The van der Waals surface area contributed by atoms with Crippen LogP contribution in [0, 0.1) is 0 Å². The van der Waals surface area contributed by atoms with Gasteiger partial charge in [-0.15, -0.1) is 0 Å². The van der Waals surface area contributed by atoms with Crippen molar-refractivity contribution in [2.75, 3.05) is 5.32 Å². The van der Waals surface area contributed by atoms with Gasteiger partial charge in [0.1, 0.15) is 0 Å². The molecule has 0 aliphatic heterocycles. The molecule has 0 spiro atoms. The van der Waals surface area contributed by atoms with Crippen LogP contribution >= 0.6 is 0 Å². The fraction of sp³-hybridized carbons (Fsp3) is 0.562. The summed E-state index contributed by atoms with van der Waals surface area (Å²) in [6.45, 7) is 9.00. The Hall–Kier alpha value is -1.56. The van der Waals surface area contributed by atoms with Crippen LogP contribution in [0.4, 0.5) is 10.5 Å². The summed E-state index contributed by atoms with van der Waals surface area (Å²) < 4.78 is 23.5. The fourth-order valence-corrected chi connectivity index (χ4v) is 2.68. The minimum Gasteiger partial charge on any atom is -0.335 e. The fourth-order valence-electron chi connectivity index (χ4n) is 1.61. The first kappa shape index (κ1) is 18.5. The SMILES string of the molecule is CC[C@H](C)NC(=O)Nc1ccc(CS(=O)(=O)C(C)(C)C)cc1. The minimum absolute atomic E-state index is 0.00412. The second kappa shape index (κ2) is 7.13. The molecule has 1 atom stereocenters. The Bertz CT molecular complexity index is 601. The van der Waals surface area contributed by atoms with Crippen molar-refractivity contribution >= 4 is 21.6 Å².